The van der Waals surface area contributed by atoms with Crippen LogP contribution in [-0.4, -0.2) is 48.8 Å². The van der Waals surface area contributed by atoms with Crippen LogP contribution in [0.4, 0.5) is 29.1 Å². The van der Waals surface area contributed by atoms with Crippen LogP contribution in [0.5, 0.6) is 0 Å². The number of rotatable bonds is 6. The SMILES string of the molecule is Cc1c(N2CC[C@@H](CN3CC(F)C3)C2)cc(F)c(SNc2cccc(F)n2)c1F. The van der Waals surface area contributed by atoms with Gasteiger partial charge in [0.15, 0.2) is 0 Å². The number of anilines is 2. The first-order valence-electron chi connectivity index (χ1n) is 9.56. The summed E-state index contributed by atoms with van der Waals surface area (Å²) in [6.45, 7) is 4.83. The Morgan fingerprint density at radius 1 is 1.21 bits per heavy atom. The first kappa shape index (κ1) is 20.3. The molecule has 1 N–H and O–H groups in total. The number of hydrogen-bond donors (Lipinski definition) is 1. The van der Waals surface area contributed by atoms with Crippen molar-refractivity contribution in [1.82, 2.24) is 9.88 Å². The van der Waals surface area contributed by atoms with E-state index in [9.17, 15) is 17.6 Å². The Morgan fingerprint density at radius 2 is 2.00 bits per heavy atom. The quantitative estimate of drug-likeness (QED) is 0.420. The lowest BCUT2D eigenvalue weighted by Gasteiger charge is -2.36. The normalized spacial score (nSPS) is 20.2. The molecule has 1 aromatic carbocycles. The number of nitrogens with one attached hydrogen (secondary N) is 1. The van der Waals surface area contributed by atoms with Crippen molar-refractivity contribution in [2.75, 3.05) is 42.3 Å². The predicted octanol–water partition coefficient (Wildman–Crippen LogP) is 4.41. The van der Waals surface area contributed by atoms with E-state index in [-0.39, 0.29) is 10.7 Å². The molecule has 0 radical (unpaired) electrons. The second-order valence-corrected chi connectivity index (χ2v) is 8.43. The van der Waals surface area contributed by atoms with Gasteiger partial charge in [0.25, 0.3) is 0 Å². The lowest BCUT2D eigenvalue weighted by molar-refractivity contribution is 0.0542. The van der Waals surface area contributed by atoms with Gasteiger partial charge in [0, 0.05) is 44.0 Å². The van der Waals surface area contributed by atoms with Crippen molar-refractivity contribution in [3.05, 3.63) is 47.4 Å². The molecule has 0 spiro atoms. The molecule has 2 fully saturated rings. The third-order valence-electron chi connectivity index (χ3n) is 5.42. The monoisotopic (exact) mass is 426 g/mol. The highest BCUT2D eigenvalue weighted by atomic mass is 32.2. The average molecular weight is 426 g/mol. The van der Waals surface area contributed by atoms with Crippen LogP contribution in [0.1, 0.15) is 12.0 Å². The highest BCUT2D eigenvalue weighted by molar-refractivity contribution is 8.00. The van der Waals surface area contributed by atoms with Gasteiger partial charge < -0.3 is 9.62 Å². The van der Waals surface area contributed by atoms with E-state index in [2.05, 4.69) is 14.6 Å². The van der Waals surface area contributed by atoms with Crippen LogP contribution in [0.15, 0.2) is 29.2 Å². The molecule has 1 aromatic heterocycles. The molecule has 1 atom stereocenters. The molecule has 9 heteroatoms. The van der Waals surface area contributed by atoms with E-state index in [4.69, 9.17) is 0 Å². The minimum absolute atomic E-state index is 0.178. The molecule has 0 aliphatic carbocycles. The van der Waals surface area contributed by atoms with Gasteiger partial charge in [-0.05, 0) is 49.4 Å². The fourth-order valence-electron chi connectivity index (χ4n) is 3.89. The van der Waals surface area contributed by atoms with Crippen LogP contribution in [0.3, 0.4) is 0 Å². The third kappa shape index (κ3) is 4.45. The van der Waals surface area contributed by atoms with Crippen molar-refractivity contribution >= 4 is 23.5 Å². The summed E-state index contributed by atoms with van der Waals surface area (Å²) in [5.74, 6) is -1.45. The van der Waals surface area contributed by atoms with Crippen LogP contribution < -0.4 is 9.62 Å². The minimum Gasteiger partial charge on any atom is -0.371 e. The van der Waals surface area contributed by atoms with E-state index in [1.807, 2.05) is 4.90 Å². The van der Waals surface area contributed by atoms with Gasteiger partial charge in [-0.15, -0.1) is 0 Å². The van der Waals surface area contributed by atoms with Crippen molar-refractivity contribution < 1.29 is 17.6 Å². The van der Waals surface area contributed by atoms with Crippen molar-refractivity contribution in [2.24, 2.45) is 5.92 Å². The van der Waals surface area contributed by atoms with Gasteiger partial charge in [-0.2, -0.15) is 4.39 Å². The molecule has 0 bridgehead atoms. The molecule has 0 amide bonds. The molecular weight excluding hydrogens is 404 g/mol. The summed E-state index contributed by atoms with van der Waals surface area (Å²) in [4.78, 5) is 7.52. The molecule has 2 aliphatic rings. The van der Waals surface area contributed by atoms with Crippen molar-refractivity contribution in [3.63, 3.8) is 0 Å². The van der Waals surface area contributed by atoms with E-state index >= 15 is 0 Å². The zero-order valence-corrected chi connectivity index (χ0v) is 16.8. The number of likely N-dealkylation sites (tertiary alicyclic amines) is 1. The van der Waals surface area contributed by atoms with Crippen molar-refractivity contribution in [3.8, 4) is 0 Å². The largest absolute Gasteiger partial charge is 0.371 e. The Labute approximate surface area is 171 Å². The highest BCUT2D eigenvalue weighted by Gasteiger charge is 2.32. The molecule has 0 unspecified atom stereocenters. The zero-order chi connectivity index (χ0) is 20.5. The van der Waals surface area contributed by atoms with E-state index in [0.717, 1.165) is 31.5 Å². The number of alkyl halides is 1. The molecule has 2 aliphatic heterocycles. The summed E-state index contributed by atoms with van der Waals surface area (Å²) in [5, 5.41) is 0. The predicted molar refractivity (Wildman–Crippen MR) is 106 cm³/mol. The average Bonchev–Trinajstić information content (AvgIpc) is 3.12. The Balaban J connectivity index is 1.44. The molecule has 29 heavy (non-hydrogen) atoms. The maximum Gasteiger partial charge on any atom is 0.214 e. The number of nitrogens with zero attached hydrogens (tertiary/aromatic N) is 3. The molecule has 0 saturated carbocycles. The van der Waals surface area contributed by atoms with E-state index < -0.39 is 23.8 Å². The fraction of sp³-hybridized carbons (Fsp3) is 0.450. The summed E-state index contributed by atoms with van der Waals surface area (Å²) >= 11 is 0.731. The second-order valence-electron chi connectivity index (χ2n) is 7.61. The number of benzene rings is 1. The van der Waals surface area contributed by atoms with Crippen molar-refractivity contribution in [2.45, 2.75) is 24.4 Å². The molecule has 156 valence electrons. The van der Waals surface area contributed by atoms with Crippen LogP contribution >= 0.6 is 11.9 Å². The van der Waals surface area contributed by atoms with E-state index in [1.54, 1.807) is 6.92 Å². The van der Waals surface area contributed by atoms with Gasteiger partial charge in [0.2, 0.25) is 5.95 Å². The second kappa shape index (κ2) is 8.39. The standard InChI is InChI=1S/C20H22F4N4S/c1-12-16(28-6-5-13(9-28)8-27-10-14(21)11-27)7-15(22)20(19(12)24)29-26-18-4-2-3-17(23)25-18/h2-4,7,13-14H,5-6,8-11H2,1H3,(H,25,26)/t13-/m0/s1. The van der Waals surface area contributed by atoms with Gasteiger partial charge in [-0.3, -0.25) is 4.90 Å². The molecule has 2 saturated heterocycles. The molecule has 3 heterocycles. The first-order valence-corrected chi connectivity index (χ1v) is 10.4. The van der Waals surface area contributed by atoms with E-state index in [1.165, 1.54) is 24.3 Å². The lowest BCUT2D eigenvalue weighted by atomic mass is 10.1. The van der Waals surface area contributed by atoms with Crippen LogP contribution in [0, 0.1) is 30.4 Å². The third-order valence-corrected chi connectivity index (χ3v) is 6.31. The Morgan fingerprint density at radius 3 is 2.72 bits per heavy atom. The van der Waals surface area contributed by atoms with Crippen molar-refractivity contribution in [1.29, 1.82) is 0 Å². The maximum atomic E-state index is 14.9. The summed E-state index contributed by atoms with van der Waals surface area (Å²) in [6, 6.07) is 5.52. The highest BCUT2D eigenvalue weighted by Crippen LogP contribution is 2.36. The maximum absolute atomic E-state index is 14.9. The molecule has 4 rings (SSSR count). The number of aromatic nitrogens is 1. The summed E-state index contributed by atoms with van der Waals surface area (Å²) in [7, 11) is 0. The number of halogens is 4. The summed E-state index contributed by atoms with van der Waals surface area (Å²) < 4.78 is 58.4. The first-order chi connectivity index (χ1) is 13.9. The summed E-state index contributed by atoms with van der Waals surface area (Å²) in [6.07, 6.45) is 0.193. The van der Waals surface area contributed by atoms with Crippen LogP contribution in [0.25, 0.3) is 0 Å². The van der Waals surface area contributed by atoms with Crippen LogP contribution in [-0.2, 0) is 0 Å². The molecular formula is C20H22F4N4S. The smallest absolute Gasteiger partial charge is 0.214 e. The summed E-state index contributed by atoms with van der Waals surface area (Å²) in [5.41, 5.74) is 0.916. The van der Waals surface area contributed by atoms with Gasteiger partial charge in [-0.1, -0.05) is 6.07 Å². The zero-order valence-electron chi connectivity index (χ0n) is 16.0. The van der Waals surface area contributed by atoms with Crippen LogP contribution in [0.2, 0.25) is 0 Å². The molecule has 2 aromatic rings. The minimum atomic E-state index is -0.723. The fourth-order valence-corrected chi connectivity index (χ4v) is 4.61. The van der Waals surface area contributed by atoms with Gasteiger partial charge >= 0.3 is 0 Å². The Hall–Kier alpha value is -2.00. The van der Waals surface area contributed by atoms with Gasteiger partial charge in [-0.25, -0.2) is 18.2 Å². The topological polar surface area (TPSA) is 31.4 Å². The number of hydrogen-bond acceptors (Lipinski definition) is 5. The Bertz CT molecular complexity index is 891. The number of pyridine rings is 1. The van der Waals surface area contributed by atoms with Gasteiger partial charge in [0.1, 0.15) is 28.5 Å². The lowest BCUT2D eigenvalue weighted by Crippen LogP contribution is -2.50. The van der Waals surface area contributed by atoms with Gasteiger partial charge in [0.05, 0.1) is 0 Å². The Kier molecular flexibility index (Phi) is 5.87. The van der Waals surface area contributed by atoms with E-state index in [0.29, 0.717) is 36.8 Å². The molecule has 4 nitrogen and oxygen atoms in total.